The highest BCUT2D eigenvalue weighted by atomic mass is 35.5. The fourth-order valence-corrected chi connectivity index (χ4v) is 2.86. The molecule has 0 aliphatic carbocycles. The van der Waals surface area contributed by atoms with Gasteiger partial charge in [-0.25, -0.2) is 4.79 Å². The number of amides is 3. The highest BCUT2D eigenvalue weighted by Crippen LogP contribution is 2.25. The van der Waals surface area contributed by atoms with Crippen LogP contribution in [0.1, 0.15) is 6.92 Å². The Hall–Kier alpha value is -2.51. The summed E-state index contributed by atoms with van der Waals surface area (Å²) in [6, 6.07) is 15.0. The zero-order valence-corrected chi connectivity index (χ0v) is 15.5. The third kappa shape index (κ3) is 6.78. The number of imide groups is 1. The number of carbonyl (C=O) groups excluding carboxylic acids is 3. The standard InChI is InChI=1S/C18H17ClN2O4S/c1-12(26-15-9-7-13(19)8-10-15)17(23)25-11-16(22)21-18(24)20-14-5-3-2-4-6-14/h2-10,12H,11H2,1H3,(H2,20,21,22,24)/t12-/m1/s1. The molecule has 0 aliphatic heterocycles. The van der Waals surface area contributed by atoms with Gasteiger partial charge >= 0.3 is 12.0 Å². The van der Waals surface area contributed by atoms with Gasteiger partial charge in [-0.3, -0.25) is 14.9 Å². The summed E-state index contributed by atoms with van der Waals surface area (Å²) in [4.78, 5) is 36.2. The van der Waals surface area contributed by atoms with Crippen LogP contribution in [0.4, 0.5) is 10.5 Å². The molecule has 0 aromatic heterocycles. The Bertz CT molecular complexity index is 769. The van der Waals surface area contributed by atoms with E-state index in [2.05, 4.69) is 10.6 Å². The molecule has 0 fully saturated rings. The number of rotatable bonds is 6. The van der Waals surface area contributed by atoms with Crippen molar-refractivity contribution in [3.63, 3.8) is 0 Å². The average molecular weight is 393 g/mol. The maximum atomic E-state index is 11.9. The van der Waals surface area contributed by atoms with E-state index in [0.717, 1.165) is 4.90 Å². The van der Waals surface area contributed by atoms with Crippen molar-refractivity contribution >= 4 is 47.0 Å². The van der Waals surface area contributed by atoms with E-state index in [-0.39, 0.29) is 0 Å². The monoisotopic (exact) mass is 392 g/mol. The average Bonchev–Trinajstić information content (AvgIpc) is 2.62. The number of carbonyl (C=O) groups is 3. The molecule has 0 spiro atoms. The van der Waals surface area contributed by atoms with Crippen LogP contribution >= 0.6 is 23.4 Å². The molecule has 2 rings (SSSR count). The van der Waals surface area contributed by atoms with Gasteiger partial charge in [-0.2, -0.15) is 0 Å². The van der Waals surface area contributed by atoms with E-state index < -0.39 is 29.8 Å². The summed E-state index contributed by atoms with van der Waals surface area (Å²) in [5.41, 5.74) is 0.544. The number of benzene rings is 2. The number of anilines is 1. The molecule has 2 aromatic carbocycles. The van der Waals surface area contributed by atoms with Crippen molar-refractivity contribution in [1.29, 1.82) is 0 Å². The van der Waals surface area contributed by atoms with Crippen molar-refractivity contribution in [2.24, 2.45) is 0 Å². The molecule has 2 N–H and O–H groups in total. The highest BCUT2D eigenvalue weighted by molar-refractivity contribution is 8.00. The minimum Gasteiger partial charge on any atom is -0.455 e. The number of para-hydroxylation sites is 1. The Morgan fingerprint density at radius 3 is 2.38 bits per heavy atom. The summed E-state index contributed by atoms with van der Waals surface area (Å²) >= 11 is 7.09. The molecule has 6 nitrogen and oxygen atoms in total. The third-order valence-electron chi connectivity index (χ3n) is 3.09. The molecule has 0 aliphatic rings. The molecule has 2 aromatic rings. The largest absolute Gasteiger partial charge is 0.455 e. The Labute approximate surface area is 160 Å². The SMILES string of the molecule is C[C@@H](Sc1ccc(Cl)cc1)C(=O)OCC(=O)NC(=O)Nc1ccccc1. The first-order valence-electron chi connectivity index (χ1n) is 7.69. The van der Waals surface area contributed by atoms with Crippen molar-refractivity contribution < 1.29 is 19.1 Å². The Morgan fingerprint density at radius 2 is 1.73 bits per heavy atom. The zero-order chi connectivity index (χ0) is 18.9. The fraction of sp³-hybridized carbons (Fsp3) is 0.167. The summed E-state index contributed by atoms with van der Waals surface area (Å²) in [7, 11) is 0. The molecule has 8 heteroatoms. The molecule has 1 atom stereocenters. The molecule has 136 valence electrons. The summed E-state index contributed by atoms with van der Waals surface area (Å²) in [6.07, 6.45) is 0. The van der Waals surface area contributed by atoms with Crippen molar-refractivity contribution in [3.05, 3.63) is 59.6 Å². The minimum absolute atomic E-state index is 0.512. The number of hydrogen-bond donors (Lipinski definition) is 2. The zero-order valence-electron chi connectivity index (χ0n) is 13.9. The van der Waals surface area contributed by atoms with Crippen LogP contribution in [0.15, 0.2) is 59.5 Å². The van der Waals surface area contributed by atoms with Crippen LogP contribution in [0.3, 0.4) is 0 Å². The molecule has 0 bridgehead atoms. The highest BCUT2D eigenvalue weighted by Gasteiger charge is 2.18. The lowest BCUT2D eigenvalue weighted by Crippen LogP contribution is -2.37. The minimum atomic E-state index is -0.713. The van der Waals surface area contributed by atoms with E-state index in [1.54, 1.807) is 61.5 Å². The van der Waals surface area contributed by atoms with E-state index in [1.165, 1.54) is 11.8 Å². The molecule has 0 heterocycles. The van der Waals surface area contributed by atoms with Gasteiger partial charge in [0.05, 0.1) is 0 Å². The quantitative estimate of drug-likeness (QED) is 0.578. The first kappa shape index (κ1) is 19.8. The maximum Gasteiger partial charge on any atom is 0.325 e. The fourth-order valence-electron chi connectivity index (χ4n) is 1.87. The lowest BCUT2D eigenvalue weighted by Gasteiger charge is -2.11. The van der Waals surface area contributed by atoms with Crippen molar-refractivity contribution in [1.82, 2.24) is 5.32 Å². The first-order valence-corrected chi connectivity index (χ1v) is 8.94. The summed E-state index contributed by atoms with van der Waals surface area (Å²) in [6.45, 7) is 1.13. The van der Waals surface area contributed by atoms with Crippen molar-refractivity contribution in [2.75, 3.05) is 11.9 Å². The van der Waals surface area contributed by atoms with Crippen LogP contribution in [0.25, 0.3) is 0 Å². The Morgan fingerprint density at radius 1 is 1.08 bits per heavy atom. The van der Waals surface area contributed by atoms with Crippen LogP contribution in [0, 0.1) is 0 Å². The van der Waals surface area contributed by atoms with Gasteiger partial charge in [0.2, 0.25) is 0 Å². The number of esters is 1. The molecule has 0 radical (unpaired) electrons. The number of thioether (sulfide) groups is 1. The predicted molar refractivity (Wildman–Crippen MR) is 101 cm³/mol. The van der Waals surface area contributed by atoms with E-state index in [9.17, 15) is 14.4 Å². The lowest BCUT2D eigenvalue weighted by atomic mass is 10.3. The topological polar surface area (TPSA) is 84.5 Å². The second-order valence-corrected chi connectivity index (χ2v) is 7.04. The number of hydrogen-bond acceptors (Lipinski definition) is 5. The maximum absolute atomic E-state index is 11.9. The molecular weight excluding hydrogens is 376 g/mol. The number of nitrogens with one attached hydrogen (secondary N) is 2. The second kappa shape index (κ2) is 9.84. The molecule has 26 heavy (non-hydrogen) atoms. The van der Waals surface area contributed by atoms with E-state index in [0.29, 0.717) is 10.7 Å². The van der Waals surface area contributed by atoms with Gasteiger partial charge in [0.15, 0.2) is 6.61 Å². The predicted octanol–water partition coefficient (Wildman–Crippen LogP) is 3.71. The van der Waals surface area contributed by atoms with Crippen LogP contribution in [-0.2, 0) is 14.3 Å². The van der Waals surface area contributed by atoms with Gasteiger partial charge < -0.3 is 10.1 Å². The molecule has 0 unspecified atom stereocenters. The first-order chi connectivity index (χ1) is 12.4. The van der Waals surface area contributed by atoms with Gasteiger partial charge in [-0.15, -0.1) is 11.8 Å². The molecular formula is C18H17ClN2O4S. The van der Waals surface area contributed by atoms with Gasteiger partial charge in [-0.1, -0.05) is 29.8 Å². The van der Waals surface area contributed by atoms with E-state index in [4.69, 9.17) is 16.3 Å². The van der Waals surface area contributed by atoms with E-state index in [1.807, 2.05) is 0 Å². The van der Waals surface area contributed by atoms with Gasteiger partial charge in [0.25, 0.3) is 5.91 Å². The number of urea groups is 1. The van der Waals surface area contributed by atoms with Crippen LogP contribution in [0.5, 0.6) is 0 Å². The third-order valence-corrected chi connectivity index (χ3v) is 4.43. The van der Waals surface area contributed by atoms with Crippen LogP contribution in [-0.4, -0.2) is 29.8 Å². The summed E-state index contributed by atoms with van der Waals surface area (Å²) < 4.78 is 4.93. The normalized spacial score (nSPS) is 11.3. The molecule has 3 amide bonds. The second-order valence-electron chi connectivity index (χ2n) is 5.19. The Balaban J connectivity index is 1.72. The van der Waals surface area contributed by atoms with Crippen molar-refractivity contribution in [2.45, 2.75) is 17.1 Å². The lowest BCUT2D eigenvalue weighted by molar-refractivity contribution is -0.147. The Kier molecular flexibility index (Phi) is 7.50. The number of ether oxygens (including phenoxy) is 1. The molecule has 0 saturated heterocycles. The molecule has 0 saturated carbocycles. The van der Waals surface area contributed by atoms with Gasteiger partial charge in [-0.05, 0) is 43.3 Å². The number of halogens is 1. The smallest absolute Gasteiger partial charge is 0.325 e. The summed E-state index contributed by atoms with van der Waals surface area (Å²) in [5.74, 6) is -1.26. The summed E-state index contributed by atoms with van der Waals surface area (Å²) in [5, 5.41) is 4.68. The van der Waals surface area contributed by atoms with E-state index >= 15 is 0 Å². The van der Waals surface area contributed by atoms with Crippen LogP contribution < -0.4 is 10.6 Å². The van der Waals surface area contributed by atoms with Gasteiger partial charge in [0.1, 0.15) is 5.25 Å². The van der Waals surface area contributed by atoms with Crippen LogP contribution in [0.2, 0.25) is 5.02 Å². The van der Waals surface area contributed by atoms with Gasteiger partial charge in [0, 0.05) is 15.6 Å². The van der Waals surface area contributed by atoms with Crippen molar-refractivity contribution in [3.8, 4) is 0 Å².